The zero-order valence-electron chi connectivity index (χ0n) is 13.3. The standard InChI is InChI=1S/C19H17N3O2/c1-20-16(23)21-14-6-7-15(22(21)17(20)24)19-9-8-18(14,19)10-12-4-2-3-5-13(12)11-19/h2-9,14-15H,10-11H2,1H3. The minimum absolute atomic E-state index is 0.0812. The molecule has 1 aromatic carbocycles. The molecule has 5 heteroatoms. The van der Waals surface area contributed by atoms with E-state index in [1.807, 2.05) is 0 Å². The number of hydrogen-bond acceptors (Lipinski definition) is 2. The molecule has 1 aromatic heterocycles. The summed E-state index contributed by atoms with van der Waals surface area (Å²) in [4.78, 5) is 25.3. The van der Waals surface area contributed by atoms with Gasteiger partial charge in [-0.1, -0.05) is 48.6 Å². The van der Waals surface area contributed by atoms with Gasteiger partial charge < -0.3 is 0 Å². The smallest absolute Gasteiger partial charge is 0.246 e. The molecule has 0 saturated heterocycles. The summed E-state index contributed by atoms with van der Waals surface area (Å²) < 4.78 is 4.63. The highest BCUT2D eigenvalue weighted by Crippen LogP contribution is 2.70. The maximum absolute atomic E-state index is 12.7. The van der Waals surface area contributed by atoms with E-state index in [9.17, 15) is 9.59 Å². The predicted molar refractivity (Wildman–Crippen MR) is 89.0 cm³/mol. The molecule has 0 amide bonds. The Hall–Kier alpha value is -2.56. The lowest BCUT2D eigenvalue weighted by Crippen LogP contribution is -2.66. The molecular weight excluding hydrogens is 302 g/mol. The lowest BCUT2D eigenvalue weighted by molar-refractivity contribution is -0.0569. The number of fused-ring (bicyclic) bond motifs is 1. The zero-order valence-corrected chi connectivity index (χ0v) is 13.3. The van der Waals surface area contributed by atoms with Crippen LogP contribution in [0.25, 0.3) is 0 Å². The third-order valence-electron chi connectivity index (χ3n) is 6.89. The van der Waals surface area contributed by atoms with E-state index < -0.39 is 0 Å². The maximum Gasteiger partial charge on any atom is 0.347 e. The second kappa shape index (κ2) is 3.58. The van der Waals surface area contributed by atoms with Crippen molar-refractivity contribution in [3.05, 3.63) is 80.7 Å². The third-order valence-corrected chi connectivity index (χ3v) is 6.89. The van der Waals surface area contributed by atoms with Crippen molar-refractivity contribution >= 4 is 0 Å². The summed E-state index contributed by atoms with van der Waals surface area (Å²) in [5, 5.41) is 0. The Bertz CT molecular complexity index is 1020. The van der Waals surface area contributed by atoms with E-state index in [0.717, 1.165) is 12.8 Å². The fourth-order valence-corrected chi connectivity index (χ4v) is 5.68. The number of nitrogens with zero attached hydrogens (tertiary/aromatic N) is 3. The molecule has 4 unspecified atom stereocenters. The van der Waals surface area contributed by atoms with Gasteiger partial charge in [0.05, 0.1) is 12.1 Å². The van der Waals surface area contributed by atoms with Crippen LogP contribution in [-0.2, 0) is 19.9 Å². The Balaban J connectivity index is 1.69. The van der Waals surface area contributed by atoms with E-state index in [1.54, 1.807) is 16.4 Å². The van der Waals surface area contributed by atoms with E-state index in [0.29, 0.717) is 0 Å². The highest BCUT2D eigenvalue weighted by atomic mass is 16.2. The second-order valence-electron chi connectivity index (χ2n) is 7.62. The van der Waals surface area contributed by atoms with Gasteiger partial charge >= 0.3 is 11.4 Å². The van der Waals surface area contributed by atoms with Gasteiger partial charge in [0.1, 0.15) is 0 Å². The molecule has 0 N–H and O–H groups in total. The molecule has 5 nitrogen and oxygen atoms in total. The molecule has 24 heavy (non-hydrogen) atoms. The first kappa shape index (κ1) is 12.8. The summed E-state index contributed by atoms with van der Waals surface area (Å²) in [6.45, 7) is 0. The van der Waals surface area contributed by atoms with E-state index in [2.05, 4.69) is 48.6 Å². The molecular formula is C19H17N3O2. The first-order valence-electron chi connectivity index (χ1n) is 8.45. The maximum atomic E-state index is 12.7. The van der Waals surface area contributed by atoms with E-state index in [1.165, 1.54) is 15.7 Å². The minimum Gasteiger partial charge on any atom is -0.246 e. The largest absolute Gasteiger partial charge is 0.347 e. The van der Waals surface area contributed by atoms with Crippen LogP contribution in [0.15, 0.2) is 58.2 Å². The van der Waals surface area contributed by atoms with Crippen LogP contribution in [0.5, 0.6) is 0 Å². The average Bonchev–Trinajstić information content (AvgIpc) is 2.82. The van der Waals surface area contributed by atoms with Crippen LogP contribution in [0.4, 0.5) is 0 Å². The van der Waals surface area contributed by atoms with Crippen molar-refractivity contribution in [2.24, 2.45) is 17.9 Å². The Morgan fingerprint density at radius 1 is 0.875 bits per heavy atom. The van der Waals surface area contributed by atoms with Crippen molar-refractivity contribution in [1.82, 2.24) is 13.9 Å². The van der Waals surface area contributed by atoms with Crippen molar-refractivity contribution < 1.29 is 0 Å². The number of benzene rings is 1. The lowest BCUT2D eigenvalue weighted by atomic mass is 9.41. The van der Waals surface area contributed by atoms with Gasteiger partial charge in [0.2, 0.25) is 0 Å². The summed E-state index contributed by atoms with van der Waals surface area (Å²) >= 11 is 0. The first-order chi connectivity index (χ1) is 11.6. The summed E-state index contributed by atoms with van der Waals surface area (Å²) in [6.07, 6.45) is 10.7. The van der Waals surface area contributed by atoms with Crippen LogP contribution in [0, 0.1) is 10.8 Å². The minimum atomic E-state index is -0.207. The molecule has 0 radical (unpaired) electrons. The number of rotatable bonds is 0. The summed E-state index contributed by atoms with van der Waals surface area (Å²) in [5.41, 5.74) is 2.16. The number of allylic oxidation sites excluding steroid dienone is 4. The molecule has 7 rings (SSSR count). The predicted octanol–water partition coefficient (Wildman–Crippen LogP) is 1.36. The van der Waals surface area contributed by atoms with Crippen LogP contribution in [-0.4, -0.2) is 13.9 Å². The second-order valence-corrected chi connectivity index (χ2v) is 7.62. The van der Waals surface area contributed by atoms with Crippen LogP contribution in [0.3, 0.4) is 0 Å². The van der Waals surface area contributed by atoms with Gasteiger partial charge in [0.25, 0.3) is 0 Å². The van der Waals surface area contributed by atoms with E-state index >= 15 is 0 Å². The fraction of sp³-hybridized carbons (Fsp3) is 0.368. The van der Waals surface area contributed by atoms with Gasteiger partial charge in [-0.3, -0.25) is 0 Å². The molecule has 2 aromatic rings. The van der Waals surface area contributed by atoms with Gasteiger partial charge in [-0.2, -0.15) is 0 Å². The normalized spacial score (nSPS) is 36.5. The lowest BCUT2D eigenvalue weighted by Gasteiger charge is -2.67. The van der Waals surface area contributed by atoms with Gasteiger partial charge in [0.15, 0.2) is 0 Å². The first-order valence-corrected chi connectivity index (χ1v) is 8.45. The molecule has 4 atom stereocenters. The molecule has 0 spiro atoms. The molecule has 3 heterocycles. The molecule has 0 saturated carbocycles. The van der Waals surface area contributed by atoms with Crippen molar-refractivity contribution in [3.63, 3.8) is 0 Å². The summed E-state index contributed by atoms with van der Waals surface area (Å²) in [7, 11) is 1.57. The quantitative estimate of drug-likeness (QED) is 0.688. The van der Waals surface area contributed by atoms with Gasteiger partial charge in [-0.25, -0.2) is 23.5 Å². The Labute approximate surface area is 138 Å². The van der Waals surface area contributed by atoms with E-state index in [4.69, 9.17) is 0 Å². The van der Waals surface area contributed by atoms with Crippen LogP contribution in [0.2, 0.25) is 0 Å². The van der Waals surface area contributed by atoms with Crippen LogP contribution in [0.1, 0.15) is 23.2 Å². The van der Waals surface area contributed by atoms with Crippen molar-refractivity contribution in [1.29, 1.82) is 0 Å². The SMILES string of the molecule is Cn1c(=O)n2n(c1=O)C1C=CC2C23C=CC12Cc1ccccc1C3. The third kappa shape index (κ3) is 1.05. The monoisotopic (exact) mass is 319 g/mol. The van der Waals surface area contributed by atoms with Crippen LogP contribution < -0.4 is 11.4 Å². The summed E-state index contributed by atoms with van der Waals surface area (Å²) in [6, 6.07) is 8.42. The van der Waals surface area contributed by atoms with Crippen molar-refractivity contribution in [2.75, 3.05) is 0 Å². The molecule has 2 bridgehead atoms. The Morgan fingerprint density at radius 3 is 1.75 bits per heavy atom. The van der Waals surface area contributed by atoms with E-state index in [-0.39, 0.29) is 34.3 Å². The van der Waals surface area contributed by atoms with Gasteiger partial charge in [0, 0.05) is 17.9 Å². The highest BCUT2D eigenvalue weighted by molar-refractivity contribution is 5.49. The summed E-state index contributed by atoms with van der Waals surface area (Å²) in [5.74, 6) is 0. The van der Waals surface area contributed by atoms with Crippen molar-refractivity contribution in [2.45, 2.75) is 24.9 Å². The highest BCUT2D eigenvalue weighted by Gasteiger charge is 2.68. The van der Waals surface area contributed by atoms with Crippen LogP contribution >= 0.6 is 0 Å². The number of aromatic nitrogens is 3. The topological polar surface area (TPSA) is 48.9 Å². The zero-order chi connectivity index (χ0) is 16.3. The van der Waals surface area contributed by atoms with Gasteiger partial charge in [-0.05, 0) is 24.0 Å². The molecule has 120 valence electrons. The molecule has 5 aliphatic rings. The molecule has 2 aliphatic heterocycles. The number of hydrogen-bond donors (Lipinski definition) is 0. The average molecular weight is 319 g/mol. The Kier molecular flexibility index (Phi) is 1.91. The van der Waals surface area contributed by atoms with Gasteiger partial charge in [-0.15, -0.1) is 0 Å². The fourth-order valence-electron chi connectivity index (χ4n) is 5.68. The molecule has 3 aliphatic carbocycles. The van der Waals surface area contributed by atoms with Crippen molar-refractivity contribution in [3.8, 4) is 0 Å². The molecule has 0 fully saturated rings. The Morgan fingerprint density at radius 2 is 1.33 bits per heavy atom.